The van der Waals surface area contributed by atoms with Gasteiger partial charge in [0.2, 0.25) is 5.91 Å². The molecule has 1 saturated heterocycles. The summed E-state index contributed by atoms with van der Waals surface area (Å²) in [5.41, 5.74) is 5.31. The molecule has 1 aliphatic rings. The quantitative estimate of drug-likeness (QED) is 0.649. The minimum Gasteiger partial charge on any atom is -0.368 e. The zero-order valence-corrected chi connectivity index (χ0v) is 11.3. The van der Waals surface area contributed by atoms with Crippen LogP contribution in [0.4, 0.5) is 0 Å². The number of rotatable bonds is 6. The van der Waals surface area contributed by atoms with E-state index in [2.05, 4.69) is 29.2 Å². The normalized spacial score (nSPS) is 20.7. The van der Waals surface area contributed by atoms with Crippen molar-refractivity contribution in [2.75, 3.05) is 47.3 Å². The fourth-order valence-corrected chi connectivity index (χ4v) is 2.40. The summed E-state index contributed by atoms with van der Waals surface area (Å²) in [6, 6.07) is -0.244. The predicted molar refractivity (Wildman–Crippen MR) is 69.8 cm³/mol. The molecule has 0 aromatic rings. The summed E-state index contributed by atoms with van der Waals surface area (Å²) in [6.07, 6.45) is 2.50. The molecule has 1 rings (SSSR count). The molecule has 100 valence electrons. The van der Waals surface area contributed by atoms with Gasteiger partial charge >= 0.3 is 0 Å². The fraction of sp³-hybridized carbons (Fsp3) is 0.917. The third-order valence-corrected chi connectivity index (χ3v) is 3.59. The van der Waals surface area contributed by atoms with Crippen molar-refractivity contribution in [1.82, 2.24) is 15.1 Å². The van der Waals surface area contributed by atoms with E-state index < -0.39 is 0 Å². The molecule has 0 saturated carbocycles. The van der Waals surface area contributed by atoms with E-state index in [0.717, 1.165) is 12.5 Å². The Bertz CT molecular complexity index is 239. The highest BCUT2D eigenvalue weighted by Gasteiger charge is 2.20. The molecule has 3 N–H and O–H groups in total. The van der Waals surface area contributed by atoms with Crippen LogP contribution in [0.25, 0.3) is 0 Å². The molecule has 1 heterocycles. The highest BCUT2D eigenvalue weighted by molar-refractivity contribution is 5.80. The van der Waals surface area contributed by atoms with Crippen LogP contribution in [0.15, 0.2) is 0 Å². The van der Waals surface area contributed by atoms with Crippen molar-refractivity contribution < 1.29 is 4.79 Å². The van der Waals surface area contributed by atoms with E-state index in [1.54, 1.807) is 7.05 Å². The summed E-state index contributed by atoms with van der Waals surface area (Å²) in [5, 5.41) is 2.95. The maximum absolute atomic E-state index is 11.1. The average molecular weight is 242 g/mol. The third kappa shape index (κ3) is 5.02. The largest absolute Gasteiger partial charge is 0.368 e. The zero-order chi connectivity index (χ0) is 12.8. The van der Waals surface area contributed by atoms with Crippen molar-refractivity contribution in [3.05, 3.63) is 0 Å². The van der Waals surface area contributed by atoms with Crippen LogP contribution in [0.2, 0.25) is 0 Å². The molecule has 1 aliphatic heterocycles. The summed E-state index contributed by atoms with van der Waals surface area (Å²) < 4.78 is 0. The van der Waals surface area contributed by atoms with E-state index in [-0.39, 0.29) is 11.9 Å². The molecule has 1 amide bonds. The summed E-state index contributed by atoms with van der Waals surface area (Å²) in [5.74, 6) is 0.476. The lowest BCUT2D eigenvalue weighted by Gasteiger charge is -2.32. The summed E-state index contributed by atoms with van der Waals surface area (Å²) in [4.78, 5) is 15.7. The number of carbonyl (C=O) groups excluding carboxylic acids is 1. The number of amides is 1. The lowest BCUT2D eigenvalue weighted by molar-refractivity contribution is -0.120. The maximum Gasteiger partial charge on any atom is 0.235 e. The van der Waals surface area contributed by atoms with Crippen LogP contribution in [0, 0.1) is 5.92 Å². The molecule has 0 aliphatic carbocycles. The number of nitrogens with two attached hydrogens (primary N) is 1. The van der Waals surface area contributed by atoms with Gasteiger partial charge in [-0.15, -0.1) is 0 Å². The molecule has 1 unspecified atom stereocenters. The van der Waals surface area contributed by atoms with Gasteiger partial charge in [-0.1, -0.05) is 0 Å². The maximum atomic E-state index is 11.1. The van der Waals surface area contributed by atoms with Crippen molar-refractivity contribution in [3.63, 3.8) is 0 Å². The fourth-order valence-electron chi connectivity index (χ4n) is 2.40. The molecule has 1 atom stereocenters. The molecule has 17 heavy (non-hydrogen) atoms. The van der Waals surface area contributed by atoms with Gasteiger partial charge in [0.1, 0.15) is 0 Å². The second-order valence-electron chi connectivity index (χ2n) is 5.21. The highest BCUT2D eigenvalue weighted by atomic mass is 16.1. The van der Waals surface area contributed by atoms with Crippen LogP contribution in [-0.4, -0.2) is 69.1 Å². The van der Waals surface area contributed by atoms with Crippen LogP contribution in [0.1, 0.15) is 12.8 Å². The van der Waals surface area contributed by atoms with E-state index in [4.69, 9.17) is 5.73 Å². The Hall–Kier alpha value is -0.650. The van der Waals surface area contributed by atoms with Gasteiger partial charge in [-0.25, -0.2) is 0 Å². The van der Waals surface area contributed by atoms with Crippen molar-refractivity contribution in [2.45, 2.75) is 18.9 Å². The number of hydrogen-bond acceptors (Lipinski definition) is 4. The second kappa shape index (κ2) is 6.93. The first-order chi connectivity index (χ1) is 8.02. The van der Waals surface area contributed by atoms with Gasteiger partial charge in [-0.3, -0.25) is 4.79 Å². The van der Waals surface area contributed by atoms with Gasteiger partial charge in [0.15, 0.2) is 0 Å². The molecular formula is C12H26N4O. The Morgan fingerprint density at radius 2 is 2.12 bits per heavy atom. The Labute approximate surface area is 104 Å². The average Bonchev–Trinajstić information content (AvgIpc) is 2.28. The Kier molecular flexibility index (Phi) is 5.88. The van der Waals surface area contributed by atoms with Crippen molar-refractivity contribution in [1.29, 1.82) is 0 Å². The summed E-state index contributed by atoms with van der Waals surface area (Å²) in [7, 11) is 6.01. The van der Waals surface area contributed by atoms with Crippen molar-refractivity contribution in [2.24, 2.45) is 11.7 Å². The molecule has 0 spiro atoms. The van der Waals surface area contributed by atoms with Crippen molar-refractivity contribution >= 4 is 5.91 Å². The second-order valence-corrected chi connectivity index (χ2v) is 5.21. The van der Waals surface area contributed by atoms with Crippen LogP contribution in [0.3, 0.4) is 0 Å². The molecule has 5 heteroatoms. The molecule has 0 radical (unpaired) electrons. The first-order valence-electron chi connectivity index (χ1n) is 6.36. The minimum atomic E-state index is -0.275. The first-order valence-corrected chi connectivity index (χ1v) is 6.36. The number of likely N-dealkylation sites (tertiary alicyclic amines) is 1. The minimum absolute atomic E-state index is 0.244. The standard InChI is InChI=1S/C12H26N4O/c1-14-11(12(13)17)9-16(3)8-10-4-6-15(2)7-5-10/h10-11,14H,4-9H2,1-3H3,(H2,13,17). The number of likely N-dealkylation sites (N-methyl/N-ethyl adjacent to an activating group) is 2. The van der Waals surface area contributed by atoms with Crippen LogP contribution >= 0.6 is 0 Å². The number of primary amides is 1. The van der Waals surface area contributed by atoms with Gasteiger partial charge < -0.3 is 20.9 Å². The number of carbonyl (C=O) groups is 1. The lowest BCUT2D eigenvalue weighted by Crippen LogP contribution is -2.48. The van der Waals surface area contributed by atoms with Crippen LogP contribution < -0.4 is 11.1 Å². The van der Waals surface area contributed by atoms with E-state index in [0.29, 0.717) is 6.54 Å². The van der Waals surface area contributed by atoms with E-state index in [1.807, 2.05) is 0 Å². The van der Waals surface area contributed by atoms with Gasteiger partial charge in [0.05, 0.1) is 6.04 Å². The molecule has 5 nitrogen and oxygen atoms in total. The van der Waals surface area contributed by atoms with E-state index in [9.17, 15) is 4.79 Å². The molecule has 0 bridgehead atoms. The van der Waals surface area contributed by atoms with Crippen LogP contribution in [-0.2, 0) is 4.79 Å². The predicted octanol–water partition coefficient (Wildman–Crippen LogP) is -0.667. The Morgan fingerprint density at radius 3 is 2.59 bits per heavy atom. The monoisotopic (exact) mass is 242 g/mol. The SMILES string of the molecule is CNC(CN(C)CC1CCN(C)CC1)C(N)=O. The Morgan fingerprint density at radius 1 is 1.53 bits per heavy atom. The van der Waals surface area contributed by atoms with Gasteiger partial charge in [-0.05, 0) is 53.0 Å². The first kappa shape index (κ1) is 14.4. The van der Waals surface area contributed by atoms with Gasteiger partial charge in [0.25, 0.3) is 0 Å². The van der Waals surface area contributed by atoms with E-state index in [1.165, 1.54) is 25.9 Å². The molecule has 1 fully saturated rings. The number of nitrogens with one attached hydrogen (secondary N) is 1. The topological polar surface area (TPSA) is 61.6 Å². The lowest BCUT2D eigenvalue weighted by atomic mass is 9.96. The summed E-state index contributed by atoms with van der Waals surface area (Å²) in [6.45, 7) is 4.12. The van der Waals surface area contributed by atoms with Gasteiger partial charge in [0, 0.05) is 13.1 Å². The van der Waals surface area contributed by atoms with Crippen LogP contribution in [0.5, 0.6) is 0 Å². The van der Waals surface area contributed by atoms with Gasteiger partial charge in [-0.2, -0.15) is 0 Å². The highest BCUT2D eigenvalue weighted by Crippen LogP contribution is 2.16. The number of nitrogens with zero attached hydrogens (tertiary/aromatic N) is 2. The summed E-state index contributed by atoms with van der Waals surface area (Å²) >= 11 is 0. The number of hydrogen-bond donors (Lipinski definition) is 2. The smallest absolute Gasteiger partial charge is 0.235 e. The zero-order valence-electron chi connectivity index (χ0n) is 11.3. The molecular weight excluding hydrogens is 216 g/mol. The number of piperidine rings is 1. The molecule has 0 aromatic carbocycles. The molecule has 0 aromatic heterocycles. The Balaban J connectivity index is 2.28. The van der Waals surface area contributed by atoms with Crippen molar-refractivity contribution in [3.8, 4) is 0 Å². The third-order valence-electron chi connectivity index (χ3n) is 3.59. The van der Waals surface area contributed by atoms with E-state index >= 15 is 0 Å².